The van der Waals surface area contributed by atoms with Crippen LogP contribution in [0.3, 0.4) is 0 Å². The minimum atomic E-state index is -0.579. The number of benzene rings is 2. The average Bonchev–Trinajstić information content (AvgIpc) is 4.05. The maximum atomic E-state index is 13.1. The molecule has 0 spiro atoms. The number of nitrogens with one attached hydrogen (secondary N) is 3. The van der Waals surface area contributed by atoms with Crippen LogP contribution in [0.5, 0.6) is 0 Å². The van der Waals surface area contributed by atoms with Gasteiger partial charge in [0.05, 0.1) is 20.1 Å². The molecule has 58 heavy (non-hydrogen) atoms. The zero-order valence-corrected chi connectivity index (χ0v) is 35.2. The smallest absolute Gasteiger partial charge is 0.255 e. The highest BCUT2D eigenvalue weighted by Gasteiger charge is 2.27. The summed E-state index contributed by atoms with van der Waals surface area (Å²) >= 11 is 15.2. The molecule has 0 atom stereocenters. The Morgan fingerprint density at radius 1 is 0.638 bits per heavy atom. The first-order chi connectivity index (χ1) is 27.9. The zero-order chi connectivity index (χ0) is 40.8. The van der Waals surface area contributed by atoms with Gasteiger partial charge in [0.2, 0.25) is 0 Å². The van der Waals surface area contributed by atoms with Gasteiger partial charge in [-0.2, -0.15) is 10.2 Å². The number of hydrogen-bond donors (Lipinski definition) is 3. The Hall–Kier alpha value is -5.59. The van der Waals surface area contributed by atoms with Crippen molar-refractivity contribution in [2.24, 2.45) is 5.41 Å². The van der Waals surface area contributed by atoms with Crippen molar-refractivity contribution >= 4 is 51.8 Å². The fraction of sp³-hybridized carbons (Fsp3) is 0.178. The molecule has 2 aromatic carbocycles. The maximum Gasteiger partial charge on any atom is 0.255 e. The molecule has 9 nitrogen and oxygen atoms in total. The van der Waals surface area contributed by atoms with Gasteiger partial charge >= 0.3 is 0 Å². The number of H-pyrrole nitrogens is 3. The van der Waals surface area contributed by atoms with E-state index in [1.807, 2.05) is 124 Å². The number of aryl methyl sites for hydroxylation is 4. The van der Waals surface area contributed by atoms with Crippen LogP contribution in [0.15, 0.2) is 131 Å². The van der Waals surface area contributed by atoms with Gasteiger partial charge in [-0.15, -0.1) is 22.7 Å². The van der Waals surface area contributed by atoms with Crippen LogP contribution in [-0.4, -0.2) is 35.9 Å². The summed E-state index contributed by atoms with van der Waals surface area (Å²) in [5, 5.41) is 12.1. The minimum Gasteiger partial charge on any atom is -0.328 e. The van der Waals surface area contributed by atoms with E-state index in [1.54, 1.807) is 35.1 Å². The molecule has 294 valence electrons. The summed E-state index contributed by atoms with van der Waals surface area (Å²) in [4.78, 5) is 45.8. The van der Waals surface area contributed by atoms with Crippen LogP contribution in [0.4, 0.5) is 0 Å². The monoisotopic (exact) mass is 846 g/mol. The van der Waals surface area contributed by atoms with Gasteiger partial charge in [-0.25, -0.2) is 4.68 Å². The molecule has 0 aliphatic carbocycles. The third kappa shape index (κ3) is 9.92. The van der Waals surface area contributed by atoms with Crippen molar-refractivity contribution in [1.82, 2.24) is 29.9 Å². The summed E-state index contributed by atoms with van der Waals surface area (Å²) in [5.74, 6) is -0.0735. The van der Waals surface area contributed by atoms with Gasteiger partial charge in [0, 0.05) is 61.2 Å². The number of pyridine rings is 2. The number of halogens is 2. The first kappa shape index (κ1) is 40.6. The zero-order valence-electron chi connectivity index (χ0n) is 32.0. The molecule has 0 unspecified atom stereocenters. The number of carbonyl (C=O) groups is 1. The first-order valence-corrected chi connectivity index (χ1v) is 21.0. The number of thiophene rings is 2. The normalized spacial score (nSPS) is 11.3. The highest BCUT2D eigenvalue weighted by atomic mass is 35.5. The van der Waals surface area contributed by atoms with E-state index in [1.165, 1.54) is 9.56 Å². The van der Waals surface area contributed by atoms with Crippen molar-refractivity contribution in [2.75, 3.05) is 0 Å². The standard InChI is InChI=1S/C25H24ClN3O2S.C20H16ClN3OS/c1-25(2,3)24(31)29-18(9-10-19-11-12-22(26)32-19)14-21(28-29)17-13-20(23(30)27-15-17)16-7-5-4-6-8-16;21-19-9-8-16(26-19)7-6-15-11-18(24-23-15)14-10-17(20(25)22-12-14)13-4-2-1-3-5-13/h4-8,11-15H,9-10H2,1-3H3,(H,27,30);1-5,8-12H,6-7H2,(H,22,25)(H,23,24). The van der Waals surface area contributed by atoms with Crippen LogP contribution in [0.25, 0.3) is 44.8 Å². The van der Waals surface area contributed by atoms with Gasteiger partial charge in [-0.3, -0.25) is 19.5 Å². The lowest BCUT2D eigenvalue weighted by molar-refractivity contribution is 0.0745. The molecular weight excluding hydrogens is 808 g/mol. The lowest BCUT2D eigenvalue weighted by atomic mass is 9.95. The molecule has 0 radical (unpaired) electrons. The second-order valence-electron chi connectivity index (χ2n) is 14.7. The SMILES string of the molecule is CC(C)(C)C(=O)n1nc(-c2c[nH]c(=O)c(-c3ccccc3)c2)cc1CCc1ccc(Cl)s1.O=c1[nH]cc(-c2cc(CCc3ccc(Cl)s3)[nH]n2)cc1-c1ccccc1. The summed E-state index contributed by atoms with van der Waals surface area (Å²) in [6.07, 6.45) is 6.54. The van der Waals surface area contributed by atoms with Crippen molar-refractivity contribution in [3.63, 3.8) is 0 Å². The van der Waals surface area contributed by atoms with Crippen LogP contribution in [0, 0.1) is 5.41 Å². The van der Waals surface area contributed by atoms with E-state index >= 15 is 0 Å². The Kier molecular flexibility index (Phi) is 12.5. The van der Waals surface area contributed by atoms with Crippen molar-refractivity contribution in [3.8, 4) is 44.8 Å². The van der Waals surface area contributed by atoms with E-state index in [-0.39, 0.29) is 17.0 Å². The van der Waals surface area contributed by atoms with Gasteiger partial charge < -0.3 is 9.97 Å². The maximum absolute atomic E-state index is 13.1. The van der Waals surface area contributed by atoms with Gasteiger partial charge in [0.1, 0.15) is 0 Å². The largest absolute Gasteiger partial charge is 0.328 e. The Labute approximate surface area is 353 Å². The van der Waals surface area contributed by atoms with Crippen molar-refractivity contribution in [2.45, 2.75) is 46.5 Å². The molecule has 0 aliphatic rings. The number of nitrogens with zero attached hydrogens (tertiary/aromatic N) is 3. The Bertz CT molecular complexity index is 2770. The van der Waals surface area contributed by atoms with Crippen LogP contribution in [0.2, 0.25) is 8.67 Å². The molecule has 0 saturated heterocycles. The summed E-state index contributed by atoms with van der Waals surface area (Å²) in [5.41, 5.74) is 7.05. The third-order valence-electron chi connectivity index (χ3n) is 9.34. The number of aromatic nitrogens is 6. The number of hydrogen-bond acceptors (Lipinski definition) is 7. The second kappa shape index (κ2) is 17.9. The average molecular weight is 848 g/mol. The van der Waals surface area contributed by atoms with Crippen LogP contribution in [0.1, 0.15) is 46.7 Å². The Morgan fingerprint density at radius 3 is 1.66 bits per heavy atom. The van der Waals surface area contributed by atoms with Gasteiger partial charge in [0.15, 0.2) is 0 Å². The summed E-state index contributed by atoms with van der Waals surface area (Å²) in [7, 11) is 0. The van der Waals surface area contributed by atoms with Crippen molar-refractivity contribution in [3.05, 3.63) is 172 Å². The van der Waals surface area contributed by atoms with E-state index in [4.69, 9.17) is 23.2 Å². The molecule has 0 saturated carbocycles. The molecule has 13 heteroatoms. The van der Waals surface area contributed by atoms with E-state index in [0.29, 0.717) is 23.2 Å². The predicted molar refractivity (Wildman–Crippen MR) is 237 cm³/mol. The molecule has 0 bridgehead atoms. The van der Waals surface area contributed by atoms with E-state index < -0.39 is 5.41 Å². The quantitative estimate of drug-likeness (QED) is 0.126. The molecule has 8 rings (SSSR count). The molecular formula is C45H40Cl2N6O3S2. The van der Waals surface area contributed by atoms with E-state index in [9.17, 15) is 14.4 Å². The fourth-order valence-corrected chi connectivity index (χ4v) is 8.45. The van der Waals surface area contributed by atoms with Crippen LogP contribution >= 0.6 is 45.9 Å². The van der Waals surface area contributed by atoms with E-state index in [2.05, 4.69) is 31.3 Å². The summed E-state index contributed by atoms with van der Waals surface area (Å²) in [6, 6.07) is 34.7. The Balaban J connectivity index is 0.000000180. The van der Waals surface area contributed by atoms with Gasteiger partial charge in [-0.1, -0.05) is 105 Å². The highest BCUT2D eigenvalue weighted by molar-refractivity contribution is 7.16. The fourth-order valence-electron chi connectivity index (χ4n) is 6.28. The van der Waals surface area contributed by atoms with Crippen LogP contribution in [-0.2, 0) is 25.7 Å². The number of rotatable bonds is 10. The first-order valence-electron chi connectivity index (χ1n) is 18.6. The van der Waals surface area contributed by atoms with Gasteiger partial charge in [0.25, 0.3) is 17.0 Å². The third-order valence-corrected chi connectivity index (χ3v) is 11.9. The highest BCUT2D eigenvalue weighted by Crippen LogP contribution is 2.28. The molecule has 3 N–H and O–H groups in total. The predicted octanol–water partition coefficient (Wildman–Crippen LogP) is 11.0. The molecule has 0 aliphatic heterocycles. The lowest BCUT2D eigenvalue weighted by Gasteiger charge is -2.17. The van der Waals surface area contributed by atoms with Crippen molar-refractivity contribution < 1.29 is 4.79 Å². The van der Waals surface area contributed by atoms with Gasteiger partial charge in [-0.05, 0) is 85.3 Å². The topological polar surface area (TPSA) is 129 Å². The molecule has 8 aromatic rings. The molecule has 6 heterocycles. The molecule has 0 amide bonds. The minimum absolute atomic E-state index is 0.0735. The number of carbonyl (C=O) groups excluding carboxylic acids is 1. The molecule has 6 aromatic heterocycles. The van der Waals surface area contributed by atoms with Crippen molar-refractivity contribution in [1.29, 1.82) is 0 Å². The lowest BCUT2D eigenvalue weighted by Crippen LogP contribution is -2.29. The summed E-state index contributed by atoms with van der Waals surface area (Å²) in [6.45, 7) is 5.65. The van der Waals surface area contributed by atoms with Crippen LogP contribution < -0.4 is 11.1 Å². The molecule has 0 fully saturated rings. The number of aromatic amines is 3. The van der Waals surface area contributed by atoms with E-state index in [0.717, 1.165) is 72.1 Å². The Morgan fingerprint density at radius 2 is 1.16 bits per heavy atom. The summed E-state index contributed by atoms with van der Waals surface area (Å²) < 4.78 is 3.08. The second-order valence-corrected chi connectivity index (χ2v) is 18.3.